The van der Waals surface area contributed by atoms with Crippen LogP contribution in [-0.4, -0.2) is 67.1 Å². The molecule has 0 N–H and O–H groups in total. The summed E-state index contributed by atoms with van der Waals surface area (Å²) in [6.45, 7) is 1.93. The smallest absolute Gasteiger partial charge is 0.282 e. The molecule has 24 heavy (non-hydrogen) atoms. The van der Waals surface area contributed by atoms with E-state index in [-0.39, 0.29) is 17.9 Å². The first-order valence-corrected chi connectivity index (χ1v) is 10.9. The van der Waals surface area contributed by atoms with Crippen LogP contribution in [0.5, 0.6) is 0 Å². The summed E-state index contributed by atoms with van der Waals surface area (Å²) in [5, 5.41) is 0. The maximum atomic E-state index is 12.9. The van der Waals surface area contributed by atoms with Gasteiger partial charge >= 0.3 is 0 Å². The fraction of sp³-hybridized carbons (Fsp3) is 0.941. The first kappa shape index (κ1) is 18.1. The summed E-state index contributed by atoms with van der Waals surface area (Å²) in [6.07, 6.45) is 9.69. The van der Waals surface area contributed by atoms with Crippen molar-refractivity contribution < 1.29 is 13.2 Å². The van der Waals surface area contributed by atoms with Crippen LogP contribution in [0.15, 0.2) is 0 Å². The summed E-state index contributed by atoms with van der Waals surface area (Å²) in [7, 11) is -1.68. The van der Waals surface area contributed by atoms with Crippen molar-refractivity contribution in [1.82, 2.24) is 13.5 Å². The number of carbonyl (C=O) groups is 1. The summed E-state index contributed by atoms with van der Waals surface area (Å²) in [4.78, 5) is 14.4. The maximum Gasteiger partial charge on any atom is 0.282 e. The number of nitrogens with zero attached hydrogens (tertiary/aromatic N) is 3. The second-order valence-corrected chi connectivity index (χ2v) is 9.51. The minimum atomic E-state index is -3.40. The van der Waals surface area contributed by atoms with Crippen LogP contribution in [0.1, 0.15) is 57.8 Å². The summed E-state index contributed by atoms with van der Waals surface area (Å²) >= 11 is 0. The molecule has 1 aliphatic heterocycles. The molecule has 0 radical (unpaired) electrons. The third-order valence-corrected chi connectivity index (χ3v) is 8.08. The predicted octanol–water partition coefficient (Wildman–Crippen LogP) is 1.83. The zero-order chi connectivity index (χ0) is 17.2. The van der Waals surface area contributed by atoms with Crippen LogP contribution in [0, 0.1) is 5.92 Å². The maximum absolute atomic E-state index is 12.9. The van der Waals surface area contributed by atoms with Gasteiger partial charge in [0.1, 0.15) is 0 Å². The van der Waals surface area contributed by atoms with Gasteiger partial charge in [0.25, 0.3) is 10.2 Å². The van der Waals surface area contributed by atoms with E-state index < -0.39 is 10.2 Å². The summed E-state index contributed by atoms with van der Waals surface area (Å²) < 4.78 is 28.9. The van der Waals surface area contributed by atoms with Gasteiger partial charge in [-0.25, -0.2) is 0 Å². The Kier molecular flexibility index (Phi) is 5.82. The molecule has 138 valence electrons. The molecule has 0 spiro atoms. The van der Waals surface area contributed by atoms with Crippen molar-refractivity contribution in [3.05, 3.63) is 0 Å². The van der Waals surface area contributed by atoms with Gasteiger partial charge in [0.2, 0.25) is 5.91 Å². The fourth-order valence-corrected chi connectivity index (χ4v) is 5.96. The molecule has 0 bridgehead atoms. The standard InChI is InChI=1S/C17H31N3O3S/c1-18(16-9-3-2-4-10-16)24(22,23)20-13-11-19(12-14-20)17(21)15-7-5-6-8-15/h15-16H,2-14H2,1H3. The van der Waals surface area contributed by atoms with E-state index in [1.165, 1.54) is 6.42 Å². The van der Waals surface area contributed by atoms with Gasteiger partial charge in [-0.2, -0.15) is 17.0 Å². The molecule has 0 aromatic carbocycles. The molecule has 1 heterocycles. The molecule has 7 heteroatoms. The Balaban J connectivity index is 1.55. The quantitative estimate of drug-likeness (QED) is 0.771. The Hall–Kier alpha value is -0.660. The van der Waals surface area contributed by atoms with Crippen LogP contribution in [-0.2, 0) is 15.0 Å². The molecule has 6 nitrogen and oxygen atoms in total. The third kappa shape index (κ3) is 3.78. The molecule has 1 saturated heterocycles. The lowest BCUT2D eigenvalue weighted by Crippen LogP contribution is -2.55. The first-order chi connectivity index (χ1) is 11.5. The molecule has 0 aromatic heterocycles. The Bertz CT molecular complexity index is 531. The minimum Gasteiger partial charge on any atom is -0.340 e. The Morgan fingerprint density at radius 2 is 1.42 bits per heavy atom. The van der Waals surface area contributed by atoms with Crippen LogP contribution in [0.3, 0.4) is 0 Å². The normalized spacial score (nSPS) is 25.5. The van der Waals surface area contributed by atoms with Crippen molar-refractivity contribution in [2.24, 2.45) is 5.92 Å². The first-order valence-electron chi connectivity index (χ1n) is 9.52. The third-order valence-electron chi connectivity index (χ3n) is 6.03. The SMILES string of the molecule is CN(C1CCCCC1)S(=O)(=O)N1CCN(C(=O)C2CCCC2)CC1. The number of carbonyl (C=O) groups excluding carboxylic acids is 1. The van der Waals surface area contributed by atoms with E-state index in [0.29, 0.717) is 26.2 Å². The zero-order valence-electron chi connectivity index (χ0n) is 14.8. The zero-order valence-corrected chi connectivity index (χ0v) is 15.6. The molecule has 2 saturated carbocycles. The van der Waals surface area contributed by atoms with E-state index in [4.69, 9.17) is 0 Å². The monoisotopic (exact) mass is 357 g/mol. The van der Waals surface area contributed by atoms with Crippen LogP contribution in [0.25, 0.3) is 0 Å². The molecule has 0 atom stereocenters. The summed E-state index contributed by atoms with van der Waals surface area (Å²) in [5.74, 6) is 0.420. The summed E-state index contributed by atoms with van der Waals surface area (Å²) in [5.41, 5.74) is 0. The van der Waals surface area contributed by atoms with E-state index >= 15 is 0 Å². The second-order valence-electron chi connectivity index (χ2n) is 7.52. The molecule has 3 fully saturated rings. The van der Waals surface area contributed by atoms with Gasteiger partial charge in [0.05, 0.1) is 0 Å². The molecule has 0 unspecified atom stereocenters. The molecular weight excluding hydrogens is 326 g/mol. The predicted molar refractivity (Wildman–Crippen MR) is 93.7 cm³/mol. The lowest BCUT2D eigenvalue weighted by molar-refractivity contribution is -0.136. The average molecular weight is 358 g/mol. The molecule has 1 amide bonds. The molecule has 3 rings (SSSR count). The van der Waals surface area contributed by atoms with E-state index in [0.717, 1.165) is 51.4 Å². The largest absolute Gasteiger partial charge is 0.340 e. The molecule has 0 aromatic rings. The van der Waals surface area contributed by atoms with Gasteiger partial charge in [-0.3, -0.25) is 4.79 Å². The highest BCUT2D eigenvalue weighted by atomic mass is 32.2. The number of hydrogen-bond acceptors (Lipinski definition) is 3. The number of amides is 1. The van der Waals surface area contributed by atoms with Crippen molar-refractivity contribution in [2.75, 3.05) is 33.2 Å². The fourth-order valence-electron chi connectivity index (χ4n) is 4.39. The van der Waals surface area contributed by atoms with Gasteiger partial charge in [-0.15, -0.1) is 0 Å². The van der Waals surface area contributed by atoms with E-state index in [9.17, 15) is 13.2 Å². The lowest BCUT2D eigenvalue weighted by atomic mass is 9.96. The van der Waals surface area contributed by atoms with Crippen molar-refractivity contribution in [3.63, 3.8) is 0 Å². The van der Waals surface area contributed by atoms with Gasteiger partial charge in [-0.05, 0) is 25.7 Å². The molecule has 2 aliphatic carbocycles. The Morgan fingerprint density at radius 3 is 2.00 bits per heavy atom. The minimum absolute atomic E-state index is 0.141. The molecular formula is C17H31N3O3S. The number of rotatable bonds is 4. The van der Waals surface area contributed by atoms with Crippen LogP contribution < -0.4 is 0 Å². The van der Waals surface area contributed by atoms with Gasteiger partial charge < -0.3 is 4.90 Å². The van der Waals surface area contributed by atoms with Crippen molar-refractivity contribution in [3.8, 4) is 0 Å². The van der Waals surface area contributed by atoms with Crippen LogP contribution in [0.4, 0.5) is 0 Å². The van der Waals surface area contributed by atoms with Crippen molar-refractivity contribution >= 4 is 16.1 Å². The number of hydrogen-bond donors (Lipinski definition) is 0. The van der Waals surface area contributed by atoms with Gasteiger partial charge in [-0.1, -0.05) is 32.1 Å². The topological polar surface area (TPSA) is 60.9 Å². The van der Waals surface area contributed by atoms with Crippen molar-refractivity contribution in [2.45, 2.75) is 63.8 Å². The van der Waals surface area contributed by atoms with Gasteiger partial charge in [0.15, 0.2) is 0 Å². The van der Waals surface area contributed by atoms with Crippen LogP contribution >= 0.6 is 0 Å². The highest BCUT2D eigenvalue weighted by Gasteiger charge is 2.36. The molecule has 3 aliphatic rings. The van der Waals surface area contributed by atoms with E-state index in [1.54, 1.807) is 15.7 Å². The highest BCUT2D eigenvalue weighted by molar-refractivity contribution is 7.86. The van der Waals surface area contributed by atoms with Crippen molar-refractivity contribution in [1.29, 1.82) is 0 Å². The summed E-state index contributed by atoms with van der Waals surface area (Å²) in [6, 6.07) is 0.141. The average Bonchev–Trinajstić information content (AvgIpc) is 3.16. The van der Waals surface area contributed by atoms with E-state index in [1.807, 2.05) is 4.90 Å². The highest BCUT2D eigenvalue weighted by Crippen LogP contribution is 2.28. The number of piperazine rings is 1. The van der Waals surface area contributed by atoms with Gasteiger partial charge in [0, 0.05) is 45.2 Å². The Labute approximate surface area is 146 Å². The lowest BCUT2D eigenvalue weighted by Gasteiger charge is -2.39. The van der Waals surface area contributed by atoms with Crippen LogP contribution in [0.2, 0.25) is 0 Å². The Morgan fingerprint density at radius 1 is 0.875 bits per heavy atom. The second kappa shape index (κ2) is 7.70. The van der Waals surface area contributed by atoms with E-state index in [2.05, 4.69) is 0 Å².